The van der Waals surface area contributed by atoms with Crippen molar-refractivity contribution in [2.45, 2.75) is 38.6 Å². The van der Waals surface area contributed by atoms with E-state index in [1.807, 2.05) is 41.0 Å². The van der Waals surface area contributed by atoms with Crippen molar-refractivity contribution in [2.24, 2.45) is 5.92 Å². The zero-order valence-electron chi connectivity index (χ0n) is 19.7. The molecule has 0 unspecified atom stereocenters. The molecule has 2 amide bonds. The summed E-state index contributed by atoms with van der Waals surface area (Å²) in [6.45, 7) is 2.45. The maximum absolute atomic E-state index is 13.2. The molecule has 0 spiro atoms. The SMILES string of the molecule is COc1ccc([C@@H]2Cn3cnc(C(=O)N4CCC(C(=O)NCc5cccnc5)CC4)c3CO2)cc1. The number of fused-ring (bicyclic) bond motifs is 1. The van der Waals surface area contributed by atoms with Crippen LogP contribution in [0.15, 0.2) is 55.1 Å². The lowest BCUT2D eigenvalue weighted by Crippen LogP contribution is -2.43. The van der Waals surface area contributed by atoms with E-state index in [2.05, 4.69) is 15.3 Å². The summed E-state index contributed by atoms with van der Waals surface area (Å²) in [7, 11) is 1.64. The third kappa shape index (κ3) is 5.05. The highest BCUT2D eigenvalue weighted by atomic mass is 16.5. The molecule has 1 atom stereocenters. The van der Waals surface area contributed by atoms with Crippen LogP contribution in [0.25, 0.3) is 0 Å². The second-order valence-corrected chi connectivity index (χ2v) is 8.91. The topological polar surface area (TPSA) is 98.6 Å². The predicted molar refractivity (Wildman–Crippen MR) is 127 cm³/mol. The highest BCUT2D eigenvalue weighted by Crippen LogP contribution is 2.30. The molecule has 0 saturated carbocycles. The molecule has 35 heavy (non-hydrogen) atoms. The fourth-order valence-corrected chi connectivity index (χ4v) is 4.66. The van der Waals surface area contributed by atoms with Crippen molar-refractivity contribution in [1.82, 2.24) is 24.8 Å². The number of rotatable bonds is 6. The number of imidazole rings is 1. The fourth-order valence-electron chi connectivity index (χ4n) is 4.66. The van der Waals surface area contributed by atoms with E-state index >= 15 is 0 Å². The first-order chi connectivity index (χ1) is 17.1. The molecule has 182 valence electrons. The molecular formula is C26H29N5O4. The van der Waals surface area contributed by atoms with Gasteiger partial charge in [0, 0.05) is 37.9 Å². The lowest BCUT2D eigenvalue weighted by Gasteiger charge is -2.31. The van der Waals surface area contributed by atoms with E-state index in [0.29, 0.717) is 51.3 Å². The van der Waals surface area contributed by atoms with Crippen molar-refractivity contribution < 1.29 is 19.1 Å². The van der Waals surface area contributed by atoms with Gasteiger partial charge in [-0.3, -0.25) is 14.6 Å². The van der Waals surface area contributed by atoms with Crippen molar-refractivity contribution in [2.75, 3.05) is 20.2 Å². The Bertz CT molecular complexity index is 1170. The van der Waals surface area contributed by atoms with Gasteiger partial charge in [0.15, 0.2) is 5.69 Å². The van der Waals surface area contributed by atoms with Crippen molar-refractivity contribution >= 4 is 11.8 Å². The second-order valence-electron chi connectivity index (χ2n) is 8.91. The number of methoxy groups -OCH3 is 1. The monoisotopic (exact) mass is 475 g/mol. The van der Waals surface area contributed by atoms with Gasteiger partial charge in [-0.25, -0.2) is 4.98 Å². The largest absolute Gasteiger partial charge is 0.497 e. The Labute approximate surface area is 204 Å². The van der Waals surface area contributed by atoms with Crippen LogP contribution in [0, 0.1) is 5.92 Å². The number of ether oxygens (including phenoxy) is 2. The number of pyridine rings is 1. The summed E-state index contributed by atoms with van der Waals surface area (Å²) in [6.07, 6.45) is 6.34. The quantitative estimate of drug-likeness (QED) is 0.589. The number of nitrogens with zero attached hydrogens (tertiary/aromatic N) is 4. The lowest BCUT2D eigenvalue weighted by molar-refractivity contribution is -0.126. The lowest BCUT2D eigenvalue weighted by atomic mass is 9.95. The van der Waals surface area contributed by atoms with E-state index in [4.69, 9.17) is 9.47 Å². The Hall–Kier alpha value is -3.72. The number of carbonyl (C=O) groups excluding carboxylic acids is 2. The molecule has 5 rings (SSSR count). The van der Waals surface area contributed by atoms with Gasteiger partial charge in [-0.05, 0) is 42.2 Å². The highest BCUT2D eigenvalue weighted by molar-refractivity contribution is 5.93. The highest BCUT2D eigenvalue weighted by Gasteiger charge is 2.32. The zero-order chi connectivity index (χ0) is 24.2. The summed E-state index contributed by atoms with van der Waals surface area (Å²) in [5.74, 6) is 0.633. The fraction of sp³-hybridized carbons (Fsp3) is 0.385. The summed E-state index contributed by atoms with van der Waals surface area (Å²) < 4.78 is 13.3. The molecule has 2 aliphatic heterocycles. The van der Waals surface area contributed by atoms with Crippen LogP contribution in [0.1, 0.15) is 46.3 Å². The third-order valence-corrected chi connectivity index (χ3v) is 6.76. The average molecular weight is 476 g/mol. The first kappa shape index (κ1) is 23.0. The molecule has 0 bridgehead atoms. The number of piperidine rings is 1. The van der Waals surface area contributed by atoms with E-state index in [1.165, 1.54) is 0 Å². The molecular weight excluding hydrogens is 446 g/mol. The molecule has 3 aromatic rings. The summed E-state index contributed by atoms with van der Waals surface area (Å²) in [5, 5.41) is 2.98. The van der Waals surface area contributed by atoms with Gasteiger partial charge in [-0.15, -0.1) is 0 Å². The van der Waals surface area contributed by atoms with Gasteiger partial charge in [0.1, 0.15) is 11.9 Å². The zero-order valence-corrected chi connectivity index (χ0v) is 19.7. The number of amides is 2. The molecule has 1 fully saturated rings. The molecule has 1 N–H and O–H groups in total. The number of hydrogen-bond donors (Lipinski definition) is 1. The van der Waals surface area contributed by atoms with Crippen LogP contribution < -0.4 is 10.1 Å². The molecule has 0 radical (unpaired) electrons. The van der Waals surface area contributed by atoms with Crippen LogP contribution >= 0.6 is 0 Å². The van der Waals surface area contributed by atoms with E-state index in [9.17, 15) is 9.59 Å². The van der Waals surface area contributed by atoms with Gasteiger partial charge in [-0.1, -0.05) is 18.2 Å². The van der Waals surface area contributed by atoms with Gasteiger partial charge in [0.2, 0.25) is 5.91 Å². The van der Waals surface area contributed by atoms with Crippen molar-refractivity contribution in [3.8, 4) is 5.75 Å². The van der Waals surface area contributed by atoms with Crippen LogP contribution in [-0.4, -0.2) is 51.4 Å². The van der Waals surface area contributed by atoms with Crippen molar-refractivity contribution in [3.63, 3.8) is 0 Å². The first-order valence-corrected chi connectivity index (χ1v) is 11.9. The molecule has 2 aromatic heterocycles. The van der Waals surface area contributed by atoms with Crippen LogP contribution in [0.2, 0.25) is 0 Å². The van der Waals surface area contributed by atoms with E-state index in [0.717, 1.165) is 22.6 Å². The Morgan fingerprint density at radius 2 is 1.97 bits per heavy atom. The molecule has 9 heteroatoms. The van der Waals surface area contributed by atoms with Gasteiger partial charge in [0.05, 0.1) is 32.3 Å². The molecule has 1 saturated heterocycles. The minimum atomic E-state index is -0.105. The minimum Gasteiger partial charge on any atom is -0.497 e. The van der Waals surface area contributed by atoms with E-state index < -0.39 is 0 Å². The molecule has 9 nitrogen and oxygen atoms in total. The molecule has 0 aliphatic carbocycles. The summed E-state index contributed by atoms with van der Waals surface area (Å²) >= 11 is 0. The normalized spacial score (nSPS) is 18.1. The van der Waals surface area contributed by atoms with Gasteiger partial charge >= 0.3 is 0 Å². The molecule has 4 heterocycles. The summed E-state index contributed by atoms with van der Waals surface area (Å²) in [5.41, 5.74) is 3.27. The maximum Gasteiger partial charge on any atom is 0.274 e. The number of hydrogen-bond acceptors (Lipinski definition) is 6. The first-order valence-electron chi connectivity index (χ1n) is 11.9. The number of benzene rings is 1. The molecule has 2 aliphatic rings. The Balaban J connectivity index is 1.16. The van der Waals surface area contributed by atoms with Crippen LogP contribution in [0.3, 0.4) is 0 Å². The van der Waals surface area contributed by atoms with Crippen molar-refractivity contribution in [3.05, 3.63) is 77.6 Å². The van der Waals surface area contributed by atoms with Gasteiger partial charge in [0.25, 0.3) is 5.91 Å². The average Bonchev–Trinajstić information content (AvgIpc) is 3.35. The third-order valence-electron chi connectivity index (χ3n) is 6.76. The Kier molecular flexibility index (Phi) is 6.76. The van der Waals surface area contributed by atoms with E-state index in [-0.39, 0.29) is 23.8 Å². The number of nitrogens with one attached hydrogen (secondary N) is 1. The summed E-state index contributed by atoms with van der Waals surface area (Å²) in [6, 6.07) is 11.6. The Morgan fingerprint density at radius 3 is 2.69 bits per heavy atom. The smallest absolute Gasteiger partial charge is 0.274 e. The predicted octanol–water partition coefficient (Wildman–Crippen LogP) is 2.73. The van der Waals surface area contributed by atoms with Gasteiger partial charge < -0.3 is 24.3 Å². The summed E-state index contributed by atoms with van der Waals surface area (Å²) in [4.78, 5) is 36.1. The number of aromatic nitrogens is 3. The maximum atomic E-state index is 13.2. The number of carbonyl (C=O) groups is 2. The van der Waals surface area contributed by atoms with Crippen molar-refractivity contribution in [1.29, 1.82) is 0 Å². The van der Waals surface area contributed by atoms with Crippen LogP contribution in [0.4, 0.5) is 0 Å². The Morgan fingerprint density at radius 1 is 1.17 bits per heavy atom. The standard InChI is InChI=1S/C26H29N5O4/c1-34-21-6-4-19(5-7-21)23-15-31-17-29-24(22(31)16-35-23)26(33)30-11-8-20(9-12-30)25(32)28-14-18-3-2-10-27-13-18/h2-7,10,13,17,20,23H,8-9,11-12,14-16H2,1H3,(H,28,32)/t23-/m0/s1. The molecule has 1 aromatic carbocycles. The minimum absolute atomic E-state index is 0.0262. The van der Waals surface area contributed by atoms with Crippen LogP contribution in [-0.2, 0) is 29.2 Å². The second kappa shape index (κ2) is 10.3. The van der Waals surface area contributed by atoms with E-state index in [1.54, 1.807) is 30.7 Å². The van der Waals surface area contributed by atoms with Crippen LogP contribution in [0.5, 0.6) is 5.75 Å². The number of likely N-dealkylation sites (tertiary alicyclic amines) is 1. The van der Waals surface area contributed by atoms with Gasteiger partial charge in [-0.2, -0.15) is 0 Å².